The van der Waals surface area contributed by atoms with E-state index in [-0.39, 0.29) is 16.9 Å². The van der Waals surface area contributed by atoms with Crippen LogP contribution in [0.3, 0.4) is 0 Å². The van der Waals surface area contributed by atoms with Gasteiger partial charge in [-0.3, -0.25) is 0 Å². The molecule has 1 unspecified atom stereocenters. The molecule has 2 aromatic carbocycles. The molecule has 1 aliphatic heterocycles. The Kier molecular flexibility index (Phi) is 4.54. The topological polar surface area (TPSA) is 21.3 Å². The summed E-state index contributed by atoms with van der Waals surface area (Å²) in [4.78, 5) is 0. The quantitative estimate of drug-likeness (QED) is 0.925. The van der Waals surface area contributed by atoms with Crippen molar-refractivity contribution in [2.45, 2.75) is 19.1 Å². The first kappa shape index (κ1) is 14.5. The van der Waals surface area contributed by atoms with Crippen LogP contribution in [0, 0.1) is 5.82 Å². The van der Waals surface area contributed by atoms with Crippen molar-refractivity contribution in [3.05, 3.63) is 70.0 Å². The van der Waals surface area contributed by atoms with Crippen LogP contribution in [0.1, 0.15) is 22.8 Å². The molecule has 21 heavy (non-hydrogen) atoms. The Morgan fingerprint density at radius 3 is 2.95 bits per heavy atom. The Morgan fingerprint density at radius 2 is 2.10 bits per heavy atom. The smallest absolute Gasteiger partial charge is 0.141 e. The van der Waals surface area contributed by atoms with Crippen molar-refractivity contribution in [1.82, 2.24) is 5.32 Å². The zero-order valence-corrected chi connectivity index (χ0v) is 12.4. The molecular formula is C17H17ClFNO. The van der Waals surface area contributed by atoms with Gasteiger partial charge in [0.1, 0.15) is 5.82 Å². The Bertz CT molecular complexity index is 632. The van der Waals surface area contributed by atoms with Crippen LogP contribution in [0.4, 0.5) is 4.39 Å². The maximum Gasteiger partial charge on any atom is 0.141 e. The molecule has 3 rings (SSSR count). The highest BCUT2D eigenvalue weighted by Crippen LogP contribution is 2.26. The SMILES string of the molecule is Fc1ccc(CNCC2OCCc3ccccc32)cc1Cl. The molecule has 4 heteroatoms. The Morgan fingerprint density at radius 1 is 1.24 bits per heavy atom. The normalized spacial score (nSPS) is 17.5. The van der Waals surface area contributed by atoms with Crippen molar-refractivity contribution in [2.24, 2.45) is 0 Å². The maximum atomic E-state index is 13.1. The van der Waals surface area contributed by atoms with E-state index < -0.39 is 0 Å². The molecule has 0 saturated carbocycles. The van der Waals surface area contributed by atoms with Gasteiger partial charge in [-0.25, -0.2) is 4.39 Å². The van der Waals surface area contributed by atoms with Crippen LogP contribution in [0.5, 0.6) is 0 Å². The van der Waals surface area contributed by atoms with E-state index in [4.69, 9.17) is 16.3 Å². The molecule has 0 aliphatic carbocycles. The van der Waals surface area contributed by atoms with Crippen molar-refractivity contribution in [1.29, 1.82) is 0 Å². The fourth-order valence-electron chi connectivity index (χ4n) is 2.64. The molecule has 1 N–H and O–H groups in total. The van der Waals surface area contributed by atoms with E-state index in [2.05, 4.69) is 23.5 Å². The fourth-order valence-corrected chi connectivity index (χ4v) is 2.85. The number of hydrogen-bond acceptors (Lipinski definition) is 2. The molecule has 0 bridgehead atoms. The number of nitrogens with one attached hydrogen (secondary N) is 1. The Labute approximate surface area is 128 Å². The molecule has 0 aromatic heterocycles. The summed E-state index contributed by atoms with van der Waals surface area (Å²) in [5.74, 6) is -0.384. The summed E-state index contributed by atoms with van der Waals surface area (Å²) in [5, 5.41) is 3.51. The average molecular weight is 306 g/mol. The molecule has 2 aromatic rings. The second-order valence-corrected chi connectivity index (χ2v) is 5.59. The van der Waals surface area contributed by atoms with Gasteiger partial charge in [0.25, 0.3) is 0 Å². The molecular weight excluding hydrogens is 289 g/mol. The van der Waals surface area contributed by atoms with Gasteiger partial charge in [-0.2, -0.15) is 0 Å². The first-order valence-corrected chi connectivity index (χ1v) is 7.46. The van der Waals surface area contributed by atoms with Gasteiger partial charge in [0.05, 0.1) is 17.7 Å². The second kappa shape index (κ2) is 6.56. The Hall–Kier alpha value is -1.42. The molecule has 2 nitrogen and oxygen atoms in total. The van der Waals surface area contributed by atoms with Crippen LogP contribution < -0.4 is 5.32 Å². The highest BCUT2D eigenvalue weighted by atomic mass is 35.5. The summed E-state index contributed by atoms with van der Waals surface area (Å²) in [7, 11) is 0. The van der Waals surface area contributed by atoms with Gasteiger partial charge in [0, 0.05) is 13.1 Å². The van der Waals surface area contributed by atoms with Crippen molar-refractivity contribution < 1.29 is 9.13 Å². The minimum absolute atomic E-state index is 0.0749. The molecule has 1 aliphatic rings. The molecule has 1 atom stereocenters. The van der Waals surface area contributed by atoms with Crippen LogP contribution in [0.15, 0.2) is 42.5 Å². The first-order chi connectivity index (χ1) is 10.2. The van der Waals surface area contributed by atoms with E-state index in [0.29, 0.717) is 6.54 Å². The summed E-state index contributed by atoms with van der Waals surface area (Å²) in [6, 6.07) is 13.2. The zero-order chi connectivity index (χ0) is 14.7. The van der Waals surface area contributed by atoms with Crippen molar-refractivity contribution in [3.8, 4) is 0 Å². The number of hydrogen-bond donors (Lipinski definition) is 1. The summed E-state index contributed by atoms with van der Waals surface area (Å²) in [6.07, 6.45) is 1.05. The van der Waals surface area contributed by atoms with E-state index in [1.54, 1.807) is 12.1 Å². The summed E-state index contributed by atoms with van der Waals surface area (Å²) < 4.78 is 18.9. The van der Waals surface area contributed by atoms with Gasteiger partial charge in [-0.1, -0.05) is 41.9 Å². The first-order valence-electron chi connectivity index (χ1n) is 7.08. The summed E-state index contributed by atoms with van der Waals surface area (Å²) >= 11 is 5.78. The highest BCUT2D eigenvalue weighted by molar-refractivity contribution is 6.30. The van der Waals surface area contributed by atoms with Crippen LogP contribution in [0.25, 0.3) is 0 Å². The van der Waals surface area contributed by atoms with E-state index in [0.717, 1.165) is 25.1 Å². The number of ether oxygens (including phenoxy) is 1. The lowest BCUT2D eigenvalue weighted by Gasteiger charge is -2.26. The van der Waals surface area contributed by atoms with Gasteiger partial charge in [-0.15, -0.1) is 0 Å². The van der Waals surface area contributed by atoms with Gasteiger partial charge in [-0.05, 0) is 35.2 Å². The minimum Gasteiger partial charge on any atom is -0.372 e. The number of halogens is 2. The van der Waals surface area contributed by atoms with Gasteiger partial charge >= 0.3 is 0 Å². The van der Waals surface area contributed by atoms with Crippen LogP contribution in [-0.2, 0) is 17.7 Å². The van der Waals surface area contributed by atoms with Gasteiger partial charge in [0.2, 0.25) is 0 Å². The van der Waals surface area contributed by atoms with Crippen molar-refractivity contribution >= 4 is 11.6 Å². The largest absolute Gasteiger partial charge is 0.372 e. The van der Waals surface area contributed by atoms with E-state index in [9.17, 15) is 4.39 Å². The molecule has 0 radical (unpaired) electrons. The number of rotatable bonds is 4. The molecule has 0 saturated heterocycles. The molecule has 0 spiro atoms. The number of benzene rings is 2. The minimum atomic E-state index is -0.384. The van der Waals surface area contributed by atoms with Crippen molar-refractivity contribution in [2.75, 3.05) is 13.2 Å². The van der Waals surface area contributed by atoms with E-state index in [1.165, 1.54) is 17.2 Å². The molecule has 110 valence electrons. The third kappa shape index (κ3) is 3.43. The summed E-state index contributed by atoms with van der Waals surface area (Å²) in [5.41, 5.74) is 3.58. The maximum absolute atomic E-state index is 13.1. The second-order valence-electron chi connectivity index (χ2n) is 5.19. The monoisotopic (exact) mass is 305 g/mol. The highest BCUT2D eigenvalue weighted by Gasteiger charge is 2.19. The lowest BCUT2D eigenvalue weighted by Crippen LogP contribution is -2.27. The third-order valence-corrected chi connectivity index (χ3v) is 4.02. The van der Waals surface area contributed by atoms with Crippen LogP contribution in [0.2, 0.25) is 5.02 Å². The van der Waals surface area contributed by atoms with Gasteiger partial charge < -0.3 is 10.1 Å². The lowest BCUT2D eigenvalue weighted by molar-refractivity contribution is 0.0423. The van der Waals surface area contributed by atoms with Crippen LogP contribution >= 0.6 is 11.6 Å². The molecule has 1 heterocycles. The lowest BCUT2D eigenvalue weighted by atomic mass is 9.97. The standard InChI is InChI=1S/C17H17ClFNO/c18-15-9-12(5-6-16(15)19)10-20-11-17-14-4-2-1-3-13(14)7-8-21-17/h1-6,9,17,20H,7-8,10-11H2. The third-order valence-electron chi connectivity index (χ3n) is 3.74. The zero-order valence-electron chi connectivity index (χ0n) is 11.6. The Balaban J connectivity index is 1.60. The van der Waals surface area contributed by atoms with Gasteiger partial charge in [0.15, 0.2) is 0 Å². The predicted molar refractivity (Wildman–Crippen MR) is 82.0 cm³/mol. The van der Waals surface area contributed by atoms with Crippen molar-refractivity contribution in [3.63, 3.8) is 0 Å². The molecule has 0 fully saturated rings. The van der Waals surface area contributed by atoms with E-state index >= 15 is 0 Å². The molecule has 0 amide bonds. The fraction of sp³-hybridized carbons (Fsp3) is 0.294. The summed E-state index contributed by atoms with van der Waals surface area (Å²) in [6.45, 7) is 2.12. The average Bonchev–Trinajstić information content (AvgIpc) is 2.51. The van der Waals surface area contributed by atoms with Crippen LogP contribution in [-0.4, -0.2) is 13.2 Å². The van der Waals surface area contributed by atoms with E-state index in [1.807, 2.05) is 6.07 Å². The number of fused-ring (bicyclic) bond motifs is 1. The predicted octanol–water partition coefficient (Wildman–Crippen LogP) is 3.88.